The van der Waals surface area contributed by atoms with Gasteiger partial charge >= 0.3 is 0 Å². The smallest absolute Gasteiger partial charge is 0.255 e. The van der Waals surface area contributed by atoms with Crippen LogP contribution in [0.5, 0.6) is 5.75 Å². The van der Waals surface area contributed by atoms with Gasteiger partial charge in [-0.2, -0.15) is 0 Å². The van der Waals surface area contributed by atoms with Crippen LogP contribution in [0.4, 0.5) is 14.5 Å². The van der Waals surface area contributed by atoms with Crippen LogP contribution in [-0.4, -0.2) is 94.2 Å². The van der Waals surface area contributed by atoms with Crippen LogP contribution in [0.15, 0.2) is 28.7 Å². The Labute approximate surface area is 220 Å². The maximum absolute atomic E-state index is 15.2. The highest BCUT2D eigenvalue weighted by molar-refractivity contribution is 6.25. The number of carbonyl (C=O) groups is 4. The number of hydrogen-bond donors (Lipinski definition) is 7. The van der Waals surface area contributed by atoms with Crippen molar-refractivity contribution in [2.24, 2.45) is 17.6 Å². The average molecular weight is 551 g/mol. The number of nitrogens with two attached hydrogens (primary N) is 1. The summed E-state index contributed by atoms with van der Waals surface area (Å²) in [5, 5.41) is 49.1. The normalized spacial score (nSPS) is 26.4. The first-order chi connectivity index (χ1) is 18.3. The average Bonchev–Trinajstić information content (AvgIpc) is 2.84. The van der Waals surface area contributed by atoms with E-state index in [4.69, 9.17) is 5.73 Å². The molecule has 8 N–H and O–H groups in total. The molecule has 0 saturated carbocycles. The van der Waals surface area contributed by atoms with Gasteiger partial charge in [0.2, 0.25) is 11.7 Å². The zero-order chi connectivity index (χ0) is 29.0. The number of nitrogens with zero attached hydrogens (tertiary/aromatic N) is 1. The predicted octanol–water partition coefficient (Wildman–Crippen LogP) is -0.243. The first kappa shape index (κ1) is 28.1. The van der Waals surface area contributed by atoms with E-state index in [0.29, 0.717) is 0 Å². The van der Waals surface area contributed by atoms with E-state index in [1.165, 1.54) is 19.0 Å². The zero-order valence-corrected chi connectivity index (χ0v) is 21.0. The van der Waals surface area contributed by atoms with Gasteiger partial charge in [0.1, 0.15) is 29.6 Å². The lowest BCUT2D eigenvalue weighted by Gasteiger charge is -2.50. The highest BCUT2D eigenvalue weighted by atomic mass is 19.1. The standard InChI is InChI=1S/C25H28F2N4O8/c1-31(2)18-11-6-9-5-10-12(27)7-13(30-14(32)8-29-4-3-26)19(33)16(10)20(34)15(9)22(36)25(11,39)23(37)17(21(18)35)24(28)38/h7,9,11,18,29,33,35-36,39H,3-6,8H2,1-2H3,(H2,28,38)(H,30,32)/t9-,11-,18-,25-/m0/s1. The molecule has 0 saturated heterocycles. The number of anilines is 1. The van der Waals surface area contributed by atoms with Crippen molar-refractivity contribution < 1.29 is 48.4 Å². The van der Waals surface area contributed by atoms with Crippen molar-refractivity contribution in [3.63, 3.8) is 0 Å². The lowest BCUT2D eigenvalue weighted by atomic mass is 9.58. The first-order valence-electron chi connectivity index (χ1n) is 12.0. The molecule has 3 aliphatic carbocycles. The molecule has 12 nitrogen and oxygen atoms in total. The van der Waals surface area contributed by atoms with Gasteiger partial charge in [0.25, 0.3) is 5.91 Å². The number of allylic oxidation sites excluding steroid dienone is 1. The van der Waals surface area contributed by atoms with Crippen molar-refractivity contribution in [1.82, 2.24) is 10.2 Å². The van der Waals surface area contributed by atoms with Gasteiger partial charge in [0.05, 0.1) is 23.8 Å². The van der Waals surface area contributed by atoms with E-state index in [9.17, 15) is 44.0 Å². The molecule has 0 aliphatic heterocycles. The number of amides is 2. The summed E-state index contributed by atoms with van der Waals surface area (Å²) in [6.07, 6.45) is -0.426. The topological polar surface area (TPSA) is 203 Å². The summed E-state index contributed by atoms with van der Waals surface area (Å²) in [4.78, 5) is 52.4. The molecule has 1 aromatic rings. The van der Waals surface area contributed by atoms with Crippen LogP contribution in [0.3, 0.4) is 0 Å². The van der Waals surface area contributed by atoms with Crippen LogP contribution >= 0.6 is 0 Å². The molecule has 0 fully saturated rings. The molecule has 0 heterocycles. The lowest BCUT2D eigenvalue weighted by molar-refractivity contribution is -0.148. The van der Waals surface area contributed by atoms with Crippen molar-refractivity contribution in [1.29, 1.82) is 0 Å². The van der Waals surface area contributed by atoms with Gasteiger partial charge in [-0.25, -0.2) is 8.78 Å². The summed E-state index contributed by atoms with van der Waals surface area (Å²) < 4.78 is 27.5. The van der Waals surface area contributed by atoms with Gasteiger partial charge in [0.15, 0.2) is 17.1 Å². The van der Waals surface area contributed by atoms with E-state index < -0.39 is 99.0 Å². The fourth-order valence-electron chi connectivity index (χ4n) is 5.83. The van der Waals surface area contributed by atoms with Crippen LogP contribution in [0, 0.1) is 17.7 Å². The molecule has 2 amide bonds. The Morgan fingerprint density at radius 3 is 2.49 bits per heavy atom. The van der Waals surface area contributed by atoms with E-state index in [1.54, 1.807) is 0 Å². The Bertz CT molecular complexity index is 1360. The zero-order valence-electron chi connectivity index (χ0n) is 21.0. The predicted molar refractivity (Wildman–Crippen MR) is 131 cm³/mol. The molecule has 0 unspecified atom stereocenters. The van der Waals surface area contributed by atoms with Crippen molar-refractivity contribution in [2.75, 3.05) is 39.2 Å². The van der Waals surface area contributed by atoms with Gasteiger partial charge in [-0.3, -0.25) is 24.1 Å². The first-order valence-corrected chi connectivity index (χ1v) is 12.0. The molecule has 1 aromatic carbocycles. The van der Waals surface area contributed by atoms with E-state index in [0.717, 1.165) is 6.07 Å². The Morgan fingerprint density at radius 2 is 1.90 bits per heavy atom. The third-order valence-corrected chi connectivity index (χ3v) is 7.50. The van der Waals surface area contributed by atoms with Gasteiger partial charge in [-0.15, -0.1) is 0 Å². The van der Waals surface area contributed by atoms with Crippen molar-refractivity contribution >= 4 is 29.1 Å². The summed E-state index contributed by atoms with van der Waals surface area (Å²) in [6, 6.07) is -0.347. The minimum absolute atomic E-state index is 0.118. The number of phenolic OH excluding ortho intramolecular Hbond substituents is 1. The second-order valence-electron chi connectivity index (χ2n) is 9.99. The molecule has 0 radical (unpaired) electrons. The van der Waals surface area contributed by atoms with Crippen molar-refractivity contribution in [3.05, 3.63) is 45.7 Å². The van der Waals surface area contributed by atoms with E-state index in [2.05, 4.69) is 10.6 Å². The number of aromatic hydroxyl groups is 1. The van der Waals surface area contributed by atoms with Crippen LogP contribution in [0.2, 0.25) is 0 Å². The third kappa shape index (κ3) is 4.24. The van der Waals surface area contributed by atoms with Crippen LogP contribution in [-0.2, 0) is 20.8 Å². The van der Waals surface area contributed by atoms with Crippen LogP contribution < -0.4 is 16.4 Å². The summed E-state index contributed by atoms with van der Waals surface area (Å²) in [6.45, 7) is -1.22. The molecule has 0 aromatic heterocycles. The molecule has 0 spiro atoms. The van der Waals surface area contributed by atoms with E-state index in [-0.39, 0.29) is 31.5 Å². The number of phenols is 1. The quantitative estimate of drug-likeness (QED) is 0.135. The number of fused-ring (bicyclic) bond motifs is 3. The SMILES string of the molecule is CN(C)[C@@H]1C(O)=C(C(N)=O)C(=O)[C@@]2(O)C(O)=C3C(=O)c4c(O)c(NC(=O)CNCCF)cc(F)c4C[C@H]3C[C@@H]12. The van der Waals surface area contributed by atoms with Crippen LogP contribution in [0.25, 0.3) is 0 Å². The highest BCUT2D eigenvalue weighted by Gasteiger charge is 2.63. The molecule has 3 aliphatic rings. The molecular weight excluding hydrogens is 522 g/mol. The molecule has 39 heavy (non-hydrogen) atoms. The number of ketones is 2. The minimum atomic E-state index is -2.83. The molecule has 4 atom stereocenters. The summed E-state index contributed by atoms with van der Waals surface area (Å²) in [5.74, 6) is -10.3. The van der Waals surface area contributed by atoms with Gasteiger partial charge in [0, 0.05) is 29.7 Å². The van der Waals surface area contributed by atoms with Gasteiger partial charge < -0.3 is 36.8 Å². The number of alkyl halides is 1. The number of Topliss-reactive ketones (excluding diaryl/α,β-unsaturated/α-hetero) is 2. The fourth-order valence-corrected chi connectivity index (χ4v) is 5.83. The van der Waals surface area contributed by atoms with E-state index in [1.807, 2.05) is 0 Å². The number of aliphatic hydroxyl groups excluding tert-OH is 2. The number of carbonyl (C=O) groups excluding carboxylic acids is 4. The second kappa shape index (κ2) is 10.0. The number of benzene rings is 1. The molecule has 210 valence electrons. The second-order valence-corrected chi connectivity index (χ2v) is 9.99. The number of primary amides is 1. The maximum Gasteiger partial charge on any atom is 0.255 e. The van der Waals surface area contributed by atoms with Gasteiger partial charge in [-0.1, -0.05) is 0 Å². The Kier molecular flexibility index (Phi) is 7.23. The Balaban J connectivity index is 1.83. The lowest BCUT2D eigenvalue weighted by Crippen LogP contribution is -2.63. The number of rotatable bonds is 7. The fraction of sp³-hybridized carbons (Fsp3) is 0.440. The van der Waals surface area contributed by atoms with Crippen LogP contribution in [0.1, 0.15) is 22.3 Å². The molecule has 14 heteroatoms. The monoisotopic (exact) mass is 550 g/mol. The number of likely N-dealkylation sites (N-methyl/N-ethyl adjacent to an activating group) is 1. The summed E-state index contributed by atoms with van der Waals surface area (Å²) >= 11 is 0. The summed E-state index contributed by atoms with van der Waals surface area (Å²) in [5.41, 5.74) is -0.187. The van der Waals surface area contributed by atoms with Gasteiger partial charge in [-0.05, 0) is 32.9 Å². The summed E-state index contributed by atoms with van der Waals surface area (Å²) in [7, 11) is 2.99. The highest BCUT2D eigenvalue weighted by Crippen LogP contribution is 2.53. The largest absolute Gasteiger partial charge is 0.510 e. The number of nitrogens with one attached hydrogen (secondary N) is 2. The molecule has 0 bridgehead atoms. The maximum atomic E-state index is 15.2. The Morgan fingerprint density at radius 1 is 1.23 bits per heavy atom. The van der Waals surface area contributed by atoms with Crippen molar-refractivity contribution in [3.8, 4) is 5.75 Å². The van der Waals surface area contributed by atoms with Crippen molar-refractivity contribution in [2.45, 2.75) is 24.5 Å². The Hall–Kier alpha value is -3.88. The molecule has 4 rings (SSSR count). The minimum Gasteiger partial charge on any atom is -0.510 e. The number of halogens is 2. The number of aliphatic hydroxyl groups is 3. The van der Waals surface area contributed by atoms with E-state index >= 15 is 4.39 Å². The number of hydrogen-bond acceptors (Lipinski definition) is 10. The molecular formula is C25H28F2N4O8. The third-order valence-electron chi connectivity index (χ3n) is 7.50.